The number of fused-ring (bicyclic) bond motifs is 9. The molecular formula is C32H22N2O. The molecule has 0 atom stereocenters. The highest BCUT2D eigenvalue weighted by atomic mass is 16.4. The van der Waals surface area contributed by atoms with E-state index in [1.54, 1.807) is 0 Å². The molecule has 0 saturated carbocycles. The van der Waals surface area contributed by atoms with Crippen molar-refractivity contribution in [2.75, 3.05) is 0 Å². The van der Waals surface area contributed by atoms with Crippen molar-refractivity contribution in [3.63, 3.8) is 0 Å². The molecule has 0 bridgehead atoms. The van der Waals surface area contributed by atoms with Gasteiger partial charge in [0.25, 0.3) is 0 Å². The molecule has 1 aliphatic rings. The van der Waals surface area contributed by atoms with Crippen LogP contribution in [0, 0.1) is 0 Å². The lowest BCUT2D eigenvalue weighted by Crippen LogP contribution is -2.15. The van der Waals surface area contributed by atoms with E-state index in [0.717, 1.165) is 22.1 Å². The van der Waals surface area contributed by atoms with Crippen LogP contribution in [0.1, 0.15) is 25.0 Å². The minimum atomic E-state index is -0.106. The molecule has 1 aliphatic carbocycles. The Morgan fingerprint density at radius 3 is 2.34 bits per heavy atom. The Bertz CT molecular complexity index is 1950. The lowest BCUT2D eigenvalue weighted by molar-refractivity contribution is 0.574. The fraction of sp³-hybridized carbons (Fsp3) is 0.0938. The number of nitrogens with zero attached hydrogens (tertiary/aromatic N) is 2. The van der Waals surface area contributed by atoms with E-state index in [1.807, 2.05) is 24.3 Å². The molecule has 0 amide bonds. The number of benzene rings is 5. The summed E-state index contributed by atoms with van der Waals surface area (Å²) in [5.41, 5.74) is 9.22. The zero-order chi connectivity index (χ0) is 23.3. The van der Waals surface area contributed by atoms with Crippen LogP contribution in [0.5, 0.6) is 0 Å². The molecule has 0 N–H and O–H groups in total. The minimum absolute atomic E-state index is 0.106. The van der Waals surface area contributed by atoms with E-state index in [9.17, 15) is 0 Å². The highest BCUT2D eigenvalue weighted by molar-refractivity contribution is 6.13. The summed E-state index contributed by atoms with van der Waals surface area (Å²) in [6.45, 7) is 4.68. The predicted molar refractivity (Wildman–Crippen MR) is 143 cm³/mol. The average molecular weight is 451 g/mol. The molecular weight excluding hydrogens is 428 g/mol. The molecule has 8 rings (SSSR count). The number of hydrogen-bond donors (Lipinski definition) is 0. The second-order valence-corrected chi connectivity index (χ2v) is 10.1. The molecule has 0 radical (unpaired) electrons. The van der Waals surface area contributed by atoms with Gasteiger partial charge in [0.05, 0.1) is 11.0 Å². The van der Waals surface area contributed by atoms with Crippen LogP contribution in [0.25, 0.3) is 60.8 Å². The van der Waals surface area contributed by atoms with Gasteiger partial charge in [0.1, 0.15) is 5.52 Å². The standard InChI is InChI=1S/C32H22N2O/c1-32(2)24-16-15-19-9-3-4-10-20(19)30(24)23-17-22-21-11-5-7-13-27(21)34(28(22)18-25(23)32)31-33-26-12-6-8-14-29(26)35-31/h3-18H,1-2H3. The first-order valence-electron chi connectivity index (χ1n) is 12.1. The first-order chi connectivity index (χ1) is 17.1. The van der Waals surface area contributed by atoms with Gasteiger partial charge in [-0.15, -0.1) is 0 Å². The van der Waals surface area contributed by atoms with Crippen molar-refractivity contribution >= 4 is 43.7 Å². The fourth-order valence-corrected chi connectivity index (χ4v) is 6.13. The quantitative estimate of drug-likeness (QED) is 0.251. The fourth-order valence-electron chi connectivity index (χ4n) is 6.13. The average Bonchev–Trinajstić information content (AvgIpc) is 3.51. The molecule has 166 valence electrons. The summed E-state index contributed by atoms with van der Waals surface area (Å²) in [4.78, 5) is 4.86. The van der Waals surface area contributed by atoms with Crippen LogP contribution in [0.2, 0.25) is 0 Å². The van der Waals surface area contributed by atoms with E-state index in [-0.39, 0.29) is 5.41 Å². The van der Waals surface area contributed by atoms with Crippen LogP contribution in [-0.2, 0) is 5.41 Å². The van der Waals surface area contributed by atoms with E-state index in [4.69, 9.17) is 9.40 Å². The first-order valence-corrected chi connectivity index (χ1v) is 12.1. The Kier molecular flexibility index (Phi) is 3.47. The van der Waals surface area contributed by atoms with Gasteiger partial charge in [-0.1, -0.05) is 80.6 Å². The minimum Gasteiger partial charge on any atom is -0.423 e. The Balaban J connectivity index is 1.52. The van der Waals surface area contributed by atoms with Crippen molar-refractivity contribution in [1.82, 2.24) is 9.55 Å². The maximum Gasteiger partial charge on any atom is 0.307 e. The molecule has 0 unspecified atom stereocenters. The third-order valence-corrected chi connectivity index (χ3v) is 7.83. The summed E-state index contributed by atoms with van der Waals surface area (Å²) >= 11 is 0. The zero-order valence-corrected chi connectivity index (χ0v) is 19.5. The molecule has 3 heteroatoms. The lowest BCUT2D eigenvalue weighted by Gasteiger charge is -2.21. The maximum atomic E-state index is 6.27. The predicted octanol–water partition coefficient (Wildman–Crippen LogP) is 8.38. The highest BCUT2D eigenvalue weighted by Gasteiger charge is 2.37. The van der Waals surface area contributed by atoms with E-state index < -0.39 is 0 Å². The molecule has 2 heterocycles. The molecule has 0 aliphatic heterocycles. The van der Waals surface area contributed by atoms with Crippen molar-refractivity contribution in [3.8, 4) is 17.1 Å². The summed E-state index contributed by atoms with van der Waals surface area (Å²) in [6, 6.07) is 35.2. The number of oxazole rings is 1. The number of aromatic nitrogens is 2. The van der Waals surface area contributed by atoms with Crippen LogP contribution < -0.4 is 0 Å². The Labute approximate surface area is 202 Å². The molecule has 5 aromatic carbocycles. The van der Waals surface area contributed by atoms with E-state index in [2.05, 4.69) is 91.2 Å². The molecule has 3 nitrogen and oxygen atoms in total. The van der Waals surface area contributed by atoms with E-state index in [0.29, 0.717) is 6.01 Å². The largest absolute Gasteiger partial charge is 0.423 e. The SMILES string of the molecule is CC1(C)c2cc3c(cc2-c2c1ccc1ccccc21)c1ccccc1n3-c1nc2ccccc2o1. The number of hydrogen-bond acceptors (Lipinski definition) is 2. The summed E-state index contributed by atoms with van der Waals surface area (Å²) in [5, 5.41) is 5.03. The van der Waals surface area contributed by atoms with Gasteiger partial charge in [-0.2, -0.15) is 4.98 Å². The van der Waals surface area contributed by atoms with Crippen LogP contribution >= 0.6 is 0 Å². The van der Waals surface area contributed by atoms with Gasteiger partial charge in [0.2, 0.25) is 0 Å². The van der Waals surface area contributed by atoms with Gasteiger partial charge in [0.15, 0.2) is 5.58 Å². The number of rotatable bonds is 1. The van der Waals surface area contributed by atoms with Gasteiger partial charge < -0.3 is 4.42 Å². The summed E-state index contributed by atoms with van der Waals surface area (Å²) in [5.74, 6) is 0. The Hall–Kier alpha value is -4.37. The Morgan fingerprint density at radius 2 is 1.46 bits per heavy atom. The first kappa shape index (κ1) is 19.0. The van der Waals surface area contributed by atoms with Crippen LogP contribution in [-0.4, -0.2) is 9.55 Å². The molecule has 35 heavy (non-hydrogen) atoms. The zero-order valence-electron chi connectivity index (χ0n) is 19.5. The molecule has 7 aromatic rings. The van der Waals surface area contributed by atoms with Gasteiger partial charge in [-0.05, 0) is 63.4 Å². The smallest absolute Gasteiger partial charge is 0.307 e. The van der Waals surface area contributed by atoms with Gasteiger partial charge in [-0.25, -0.2) is 0 Å². The number of para-hydroxylation sites is 3. The Morgan fingerprint density at radius 1 is 0.686 bits per heavy atom. The van der Waals surface area contributed by atoms with Crippen molar-refractivity contribution < 1.29 is 4.42 Å². The highest BCUT2D eigenvalue weighted by Crippen LogP contribution is 2.53. The lowest BCUT2D eigenvalue weighted by atomic mass is 9.82. The van der Waals surface area contributed by atoms with Gasteiger partial charge >= 0.3 is 6.01 Å². The van der Waals surface area contributed by atoms with Crippen LogP contribution in [0.4, 0.5) is 0 Å². The third-order valence-electron chi connectivity index (χ3n) is 7.83. The monoisotopic (exact) mass is 450 g/mol. The summed E-state index contributed by atoms with van der Waals surface area (Å²) in [6.07, 6.45) is 0. The second kappa shape index (κ2) is 6.39. The van der Waals surface area contributed by atoms with Crippen LogP contribution in [0.15, 0.2) is 101 Å². The normalized spacial score (nSPS) is 14.2. The van der Waals surface area contributed by atoms with Crippen molar-refractivity contribution in [2.45, 2.75) is 19.3 Å². The van der Waals surface area contributed by atoms with Crippen molar-refractivity contribution in [2.24, 2.45) is 0 Å². The summed E-state index contributed by atoms with van der Waals surface area (Å²) in [7, 11) is 0. The second-order valence-electron chi connectivity index (χ2n) is 10.1. The van der Waals surface area contributed by atoms with Crippen molar-refractivity contribution in [3.05, 3.63) is 108 Å². The molecule has 0 fully saturated rings. The summed E-state index contributed by atoms with van der Waals surface area (Å²) < 4.78 is 8.45. The molecule has 0 saturated heterocycles. The van der Waals surface area contributed by atoms with Gasteiger partial charge in [-0.3, -0.25) is 4.57 Å². The van der Waals surface area contributed by atoms with Crippen molar-refractivity contribution in [1.29, 1.82) is 0 Å². The molecule has 0 spiro atoms. The third kappa shape index (κ3) is 2.37. The van der Waals surface area contributed by atoms with Crippen LogP contribution in [0.3, 0.4) is 0 Å². The molecule has 2 aromatic heterocycles. The maximum absolute atomic E-state index is 6.27. The topological polar surface area (TPSA) is 31.0 Å². The van der Waals surface area contributed by atoms with Gasteiger partial charge in [0, 0.05) is 16.2 Å². The van der Waals surface area contributed by atoms with E-state index >= 15 is 0 Å². The van der Waals surface area contributed by atoms with E-state index in [1.165, 1.54) is 43.8 Å².